The van der Waals surface area contributed by atoms with Crippen LogP contribution in [-0.4, -0.2) is 11.6 Å². The summed E-state index contributed by atoms with van der Waals surface area (Å²) in [6, 6.07) is 0. The normalized spacial score (nSPS) is 13.0. The highest BCUT2D eigenvalue weighted by Gasteiger charge is 2.13. The lowest BCUT2D eigenvalue weighted by Gasteiger charge is -2.18. The molecule has 0 amide bonds. The van der Waals surface area contributed by atoms with Crippen LogP contribution >= 0.6 is 0 Å². The second-order valence-electron chi connectivity index (χ2n) is 3.52. The molecule has 0 aromatic rings. The molecule has 0 atom stereocenters. The molecular weight excluding hydrogens is 140 g/mol. The Bertz CT molecular complexity index is 168. The van der Waals surface area contributed by atoms with E-state index in [1.165, 1.54) is 6.08 Å². The van der Waals surface area contributed by atoms with Crippen LogP contribution in [0.5, 0.6) is 0 Å². The highest BCUT2D eigenvalue weighted by molar-refractivity contribution is 5.83. The molecule has 0 N–H and O–H groups in total. The van der Waals surface area contributed by atoms with E-state index < -0.39 is 5.60 Å². The van der Waals surface area contributed by atoms with E-state index in [-0.39, 0.29) is 5.97 Å². The van der Waals surface area contributed by atoms with Crippen LogP contribution in [0.2, 0.25) is 0 Å². The number of carbonyl (C=O) groups excluding carboxylic acids is 1. The van der Waals surface area contributed by atoms with Gasteiger partial charge < -0.3 is 4.74 Å². The molecule has 0 unspecified atom stereocenters. The number of allylic oxidation sites excluding steroid dienone is 1. The molecule has 0 saturated carbocycles. The van der Waals surface area contributed by atoms with Crippen molar-refractivity contribution >= 4 is 5.97 Å². The summed E-state index contributed by atoms with van der Waals surface area (Å²) in [4.78, 5) is 10.9. The largest absolute Gasteiger partial charge is 0.457 e. The summed E-state index contributed by atoms with van der Waals surface area (Å²) in [5.74, 6) is -0.329. The molecule has 0 aromatic carbocycles. The van der Waals surface area contributed by atoms with Crippen LogP contribution in [0.4, 0.5) is 0 Å². The van der Waals surface area contributed by atoms with Crippen molar-refractivity contribution in [1.29, 1.82) is 0 Å². The summed E-state index contributed by atoms with van der Waals surface area (Å²) < 4.78 is 4.99. The number of esters is 1. The topological polar surface area (TPSA) is 26.3 Å². The Morgan fingerprint density at radius 1 is 1.45 bits per heavy atom. The Balaban J connectivity index is 4.00. The van der Waals surface area contributed by atoms with E-state index in [9.17, 15) is 4.79 Å². The van der Waals surface area contributed by atoms with Crippen LogP contribution in [0.25, 0.3) is 0 Å². The maximum atomic E-state index is 10.9. The van der Waals surface area contributed by atoms with Gasteiger partial charge in [-0.05, 0) is 34.6 Å². The van der Waals surface area contributed by atoms with Crippen molar-refractivity contribution in [1.82, 2.24) is 0 Å². The Morgan fingerprint density at radius 2 is 1.91 bits per heavy atom. The van der Waals surface area contributed by atoms with Gasteiger partial charge in [0, 0.05) is 6.08 Å². The summed E-state index contributed by atoms with van der Waals surface area (Å²) in [6.45, 7) is 10.8. The van der Waals surface area contributed by atoms with Crippen LogP contribution in [0.1, 0.15) is 27.7 Å². The van der Waals surface area contributed by atoms with Gasteiger partial charge >= 0.3 is 5.97 Å². The monoisotopic (exact) mass is 155 g/mol. The van der Waals surface area contributed by atoms with Crippen molar-refractivity contribution in [3.8, 4) is 0 Å². The van der Waals surface area contributed by atoms with Gasteiger partial charge in [0.25, 0.3) is 0 Å². The van der Waals surface area contributed by atoms with Gasteiger partial charge in [0.2, 0.25) is 0 Å². The lowest BCUT2D eigenvalue weighted by atomic mass is 10.2. The van der Waals surface area contributed by atoms with Crippen molar-refractivity contribution in [2.45, 2.75) is 33.3 Å². The summed E-state index contributed by atoms with van der Waals surface area (Å²) in [6.07, 6.45) is 1.38. The maximum absolute atomic E-state index is 10.9. The zero-order valence-electron chi connectivity index (χ0n) is 7.60. The minimum absolute atomic E-state index is 0.329. The third kappa shape index (κ3) is 7.10. The first kappa shape index (κ1) is 10.2. The molecule has 0 bridgehead atoms. The SMILES string of the molecule is [CH2]/C(C)=C/C(=O)OC(C)(C)C. The van der Waals surface area contributed by atoms with Crippen molar-refractivity contribution in [2.24, 2.45) is 0 Å². The van der Waals surface area contributed by atoms with E-state index in [0.29, 0.717) is 5.57 Å². The van der Waals surface area contributed by atoms with Gasteiger partial charge in [-0.25, -0.2) is 4.79 Å². The molecule has 1 radical (unpaired) electrons. The Hall–Kier alpha value is -0.790. The quantitative estimate of drug-likeness (QED) is 0.428. The van der Waals surface area contributed by atoms with Crippen molar-refractivity contribution in [2.75, 3.05) is 0 Å². The van der Waals surface area contributed by atoms with Crippen molar-refractivity contribution in [3.05, 3.63) is 18.6 Å². The van der Waals surface area contributed by atoms with E-state index in [2.05, 4.69) is 6.92 Å². The van der Waals surface area contributed by atoms with Gasteiger partial charge in [0.05, 0.1) is 0 Å². The highest BCUT2D eigenvalue weighted by atomic mass is 16.6. The third-order valence-electron chi connectivity index (χ3n) is 0.771. The van der Waals surface area contributed by atoms with Crippen LogP contribution < -0.4 is 0 Å². The maximum Gasteiger partial charge on any atom is 0.331 e. The van der Waals surface area contributed by atoms with E-state index in [4.69, 9.17) is 4.74 Å². The molecule has 0 aliphatic rings. The van der Waals surface area contributed by atoms with Gasteiger partial charge in [0.15, 0.2) is 0 Å². The zero-order chi connectivity index (χ0) is 9.07. The first-order chi connectivity index (χ1) is 4.81. The standard InChI is InChI=1S/C9H15O2/c1-7(2)6-8(10)11-9(3,4)5/h6H,1H2,2-5H3/b7-6-. The molecule has 11 heavy (non-hydrogen) atoms. The van der Waals surface area contributed by atoms with Crippen LogP contribution in [-0.2, 0) is 9.53 Å². The molecule has 0 rings (SSSR count). The Labute approximate surface area is 68.2 Å². The molecule has 0 aliphatic heterocycles. The predicted molar refractivity (Wildman–Crippen MR) is 45.0 cm³/mol. The fourth-order valence-corrected chi connectivity index (χ4v) is 0.532. The number of carbonyl (C=O) groups is 1. The lowest BCUT2D eigenvalue weighted by molar-refractivity contribution is -0.148. The van der Waals surface area contributed by atoms with E-state index in [1.807, 2.05) is 20.8 Å². The molecular formula is C9H15O2. The van der Waals surface area contributed by atoms with E-state index in [1.54, 1.807) is 6.92 Å². The lowest BCUT2D eigenvalue weighted by Crippen LogP contribution is -2.22. The fourth-order valence-electron chi connectivity index (χ4n) is 0.532. The molecule has 0 saturated heterocycles. The average Bonchev–Trinajstić information content (AvgIpc) is 1.53. The molecule has 0 fully saturated rings. The molecule has 2 nitrogen and oxygen atoms in total. The first-order valence-electron chi connectivity index (χ1n) is 3.54. The van der Waals surface area contributed by atoms with Gasteiger partial charge in [-0.15, -0.1) is 0 Å². The summed E-state index contributed by atoms with van der Waals surface area (Å²) in [7, 11) is 0. The molecule has 0 aliphatic carbocycles. The van der Waals surface area contributed by atoms with E-state index >= 15 is 0 Å². The summed E-state index contributed by atoms with van der Waals surface area (Å²) >= 11 is 0. The zero-order valence-corrected chi connectivity index (χ0v) is 7.60. The molecule has 63 valence electrons. The first-order valence-corrected chi connectivity index (χ1v) is 3.54. The summed E-state index contributed by atoms with van der Waals surface area (Å²) in [5.41, 5.74) is 0.294. The summed E-state index contributed by atoms with van der Waals surface area (Å²) in [5, 5.41) is 0. The average molecular weight is 155 g/mol. The second kappa shape index (κ2) is 3.56. The number of hydrogen-bond donors (Lipinski definition) is 0. The third-order valence-corrected chi connectivity index (χ3v) is 0.771. The van der Waals surface area contributed by atoms with Crippen LogP contribution in [0.15, 0.2) is 11.6 Å². The van der Waals surface area contributed by atoms with E-state index in [0.717, 1.165) is 0 Å². The molecule has 0 spiro atoms. The van der Waals surface area contributed by atoms with Gasteiger partial charge in [0.1, 0.15) is 5.60 Å². The highest BCUT2D eigenvalue weighted by Crippen LogP contribution is 2.07. The van der Waals surface area contributed by atoms with Crippen molar-refractivity contribution in [3.63, 3.8) is 0 Å². The predicted octanol–water partition coefficient (Wildman–Crippen LogP) is 2.11. The molecule has 0 heterocycles. The van der Waals surface area contributed by atoms with Crippen LogP contribution in [0.3, 0.4) is 0 Å². The van der Waals surface area contributed by atoms with Gasteiger partial charge in [-0.3, -0.25) is 0 Å². The Kier molecular flexibility index (Phi) is 3.30. The minimum Gasteiger partial charge on any atom is -0.457 e. The number of rotatable bonds is 1. The number of ether oxygens (including phenoxy) is 1. The second-order valence-corrected chi connectivity index (χ2v) is 3.52. The fraction of sp³-hybridized carbons (Fsp3) is 0.556. The Morgan fingerprint density at radius 3 is 2.18 bits per heavy atom. The van der Waals surface area contributed by atoms with Crippen LogP contribution in [0, 0.1) is 6.92 Å². The molecule has 0 aromatic heterocycles. The number of hydrogen-bond acceptors (Lipinski definition) is 2. The molecule has 2 heteroatoms. The van der Waals surface area contributed by atoms with Gasteiger partial charge in [-0.1, -0.05) is 5.57 Å². The van der Waals surface area contributed by atoms with Gasteiger partial charge in [-0.2, -0.15) is 0 Å². The smallest absolute Gasteiger partial charge is 0.331 e. The minimum atomic E-state index is -0.414. The van der Waals surface area contributed by atoms with Crippen molar-refractivity contribution < 1.29 is 9.53 Å².